The predicted molar refractivity (Wildman–Crippen MR) is 186 cm³/mol. The first kappa shape index (κ1) is 31.9. The van der Waals surface area contributed by atoms with E-state index in [2.05, 4.69) is 0 Å². The van der Waals surface area contributed by atoms with Crippen molar-refractivity contribution in [3.8, 4) is 51.0 Å². The lowest BCUT2D eigenvalue weighted by molar-refractivity contribution is -0.138. The summed E-state index contributed by atoms with van der Waals surface area (Å²) in [6, 6.07) is 39.1. The van der Waals surface area contributed by atoms with Gasteiger partial charge in [0, 0.05) is 33.2 Å². The van der Waals surface area contributed by atoms with Crippen LogP contribution in [0.1, 0.15) is 11.1 Å². The summed E-state index contributed by atoms with van der Waals surface area (Å²) in [6.45, 7) is 0. The van der Waals surface area contributed by atoms with Crippen LogP contribution in [0.3, 0.4) is 0 Å². The summed E-state index contributed by atoms with van der Waals surface area (Å²) in [7, 11) is 0. The van der Waals surface area contributed by atoms with Crippen molar-refractivity contribution in [2.75, 3.05) is 0 Å². The Morgan fingerprint density at radius 2 is 0.980 bits per heavy atom. The molecule has 0 spiro atoms. The van der Waals surface area contributed by atoms with E-state index in [0.29, 0.717) is 55.8 Å². The van der Waals surface area contributed by atoms with Gasteiger partial charge < -0.3 is 4.57 Å². The van der Waals surface area contributed by atoms with Gasteiger partial charge in [0.1, 0.15) is 0 Å². The molecule has 0 amide bonds. The lowest BCUT2D eigenvalue weighted by Crippen LogP contribution is -2.08. The standard InChI is InChI=1S/C41H24F6N4/c42-40(43,44)27-19-22-36-33(23-27)30-16-8-10-18-35(30)51(36)28-20-21-31(32(24-28)29-15-7-9-17-34(29)41(45,46)47)39-49-37(25-11-3-1-4-12-25)48-38(50-39)26-13-5-2-6-14-26/h1-24H. The fourth-order valence-electron chi connectivity index (χ4n) is 6.41. The average Bonchev–Trinajstić information content (AvgIpc) is 3.48. The second-order valence-electron chi connectivity index (χ2n) is 11.9. The molecule has 8 aromatic rings. The molecule has 0 bridgehead atoms. The molecule has 0 aliphatic rings. The van der Waals surface area contributed by atoms with Crippen LogP contribution in [0.4, 0.5) is 26.3 Å². The molecule has 250 valence electrons. The number of aromatic nitrogens is 4. The number of fused-ring (bicyclic) bond motifs is 3. The van der Waals surface area contributed by atoms with Crippen molar-refractivity contribution in [3.05, 3.63) is 157 Å². The van der Waals surface area contributed by atoms with Gasteiger partial charge in [0.05, 0.1) is 22.2 Å². The molecular formula is C41H24F6N4. The van der Waals surface area contributed by atoms with Crippen LogP contribution in [0.25, 0.3) is 72.8 Å². The van der Waals surface area contributed by atoms with Crippen molar-refractivity contribution < 1.29 is 26.3 Å². The second kappa shape index (κ2) is 12.2. The maximum Gasteiger partial charge on any atom is 0.417 e. The molecule has 0 saturated carbocycles. The zero-order valence-electron chi connectivity index (χ0n) is 26.4. The molecule has 0 unspecified atom stereocenters. The Morgan fingerprint density at radius 3 is 1.63 bits per heavy atom. The third-order valence-corrected chi connectivity index (χ3v) is 8.72. The largest absolute Gasteiger partial charge is 0.417 e. The molecule has 0 aliphatic heterocycles. The van der Waals surface area contributed by atoms with Gasteiger partial charge >= 0.3 is 12.4 Å². The minimum absolute atomic E-state index is 0.107. The number of rotatable bonds is 5. The van der Waals surface area contributed by atoms with E-state index in [1.807, 2.05) is 60.7 Å². The van der Waals surface area contributed by atoms with E-state index >= 15 is 0 Å². The Bertz CT molecular complexity index is 2500. The summed E-state index contributed by atoms with van der Waals surface area (Å²) in [6.07, 6.45) is -9.26. The zero-order valence-corrected chi connectivity index (χ0v) is 26.4. The Labute approximate surface area is 287 Å². The molecule has 2 aromatic heterocycles. The molecule has 0 aliphatic carbocycles. The Kier molecular flexibility index (Phi) is 7.67. The number of hydrogen-bond donors (Lipinski definition) is 0. The van der Waals surface area contributed by atoms with Gasteiger partial charge in [0.2, 0.25) is 0 Å². The lowest BCUT2D eigenvalue weighted by Gasteiger charge is -2.18. The molecule has 10 heteroatoms. The average molecular weight is 687 g/mol. The first-order chi connectivity index (χ1) is 24.6. The Hall–Kier alpha value is -6.29. The molecule has 0 N–H and O–H groups in total. The first-order valence-electron chi connectivity index (χ1n) is 15.8. The van der Waals surface area contributed by atoms with Gasteiger partial charge in [-0.15, -0.1) is 0 Å². The van der Waals surface area contributed by atoms with Crippen LogP contribution in [0.5, 0.6) is 0 Å². The third kappa shape index (κ3) is 5.88. The van der Waals surface area contributed by atoms with Crippen LogP contribution < -0.4 is 0 Å². The number of nitrogens with zero attached hydrogens (tertiary/aromatic N) is 4. The van der Waals surface area contributed by atoms with Crippen LogP contribution in [-0.2, 0) is 12.4 Å². The highest BCUT2D eigenvalue weighted by Gasteiger charge is 2.35. The minimum atomic E-state index is -4.70. The fourth-order valence-corrected chi connectivity index (χ4v) is 6.41. The van der Waals surface area contributed by atoms with Gasteiger partial charge in [-0.25, -0.2) is 15.0 Å². The first-order valence-corrected chi connectivity index (χ1v) is 15.8. The van der Waals surface area contributed by atoms with Gasteiger partial charge in [-0.05, 0) is 59.7 Å². The second-order valence-corrected chi connectivity index (χ2v) is 11.9. The smallest absolute Gasteiger partial charge is 0.309 e. The lowest BCUT2D eigenvalue weighted by atomic mass is 9.94. The number of benzene rings is 6. The monoisotopic (exact) mass is 686 g/mol. The summed E-state index contributed by atoms with van der Waals surface area (Å²) in [5, 5.41) is 0.927. The summed E-state index contributed by atoms with van der Waals surface area (Å²) < 4.78 is 87.0. The van der Waals surface area contributed by atoms with Crippen molar-refractivity contribution in [1.82, 2.24) is 19.5 Å². The van der Waals surface area contributed by atoms with Crippen LogP contribution >= 0.6 is 0 Å². The van der Waals surface area contributed by atoms with E-state index in [0.717, 1.165) is 18.2 Å². The Balaban J connectivity index is 1.43. The van der Waals surface area contributed by atoms with Gasteiger partial charge in [0.15, 0.2) is 17.5 Å². The molecule has 51 heavy (non-hydrogen) atoms. The van der Waals surface area contributed by atoms with Crippen molar-refractivity contribution in [2.45, 2.75) is 12.4 Å². The van der Waals surface area contributed by atoms with Crippen LogP contribution in [0.15, 0.2) is 146 Å². The van der Waals surface area contributed by atoms with Crippen molar-refractivity contribution >= 4 is 21.8 Å². The SMILES string of the molecule is FC(F)(F)c1ccc2c(c1)c1ccccc1n2-c1ccc(-c2nc(-c3ccccc3)nc(-c3ccccc3)n2)c(-c2ccccc2C(F)(F)F)c1. The third-order valence-electron chi connectivity index (χ3n) is 8.72. The number of halogens is 6. The van der Waals surface area contributed by atoms with Gasteiger partial charge in [-0.1, -0.05) is 97.1 Å². The number of alkyl halides is 6. The van der Waals surface area contributed by atoms with Gasteiger partial charge in [0.25, 0.3) is 0 Å². The molecule has 6 aromatic carbocycles. The van der Waals surface area contributed by atoms with E-state index in [1.165, 1.54) is 24.3 Å². The van der Waals surface area contributed by atoms with E-state index in [1.54, 1.807) is 47.0 Å². The van der Waals surface area contributed by atoms with Crippen molar-refractivity contribution in [1.29, 1.82) is 0 Å². The highest BCUT2D eigenvalue weighted by atomic mass is 19.4. The van der Waals surface area contributed by atoms with Crippen LogP contribution in [0, 0.1) is 0 Å². The summed E-state index contributed by atoms with van der Waals surface area (Å²) in [5.74, 6) is 0.821. The quantitative estimate of drug-likeness (QED) is 0.169. The molecule has 4 nitrogen and oxygen atoms in total. The van der Waals surface area contributed by atoms with E-state index in [4.69, 9.17) is 15.0 Å². The molecule has 0 saturated heterocycles. The summed E-state index contributed by atoms with van der Waals surface area (Å²) in [4.78, 5) is 14.3. The molecule has 8 rings (SSSR count). The number of hydrogen-bond acceptors (Lipinski definition) is 3. The topological polar surface area (TPSA) is 43.6 Å². The van der Waals surface area contributed by atoms with Gasteiger partial charge in [-0.3, -0.25) is 0 Å². The van der Waals surface area contributed by atoms with Crippen molar-refractivity contribution in [3.63, 3.8) is 0 Å². The zero-order chi connectivity index (χ0) is 35.3. The molecule has 2 heterocycles. The highest BCUT2D eigenvalue weighted by molar-refractivity contribution is 6.09. The van der Waals surface area contributed by atoms with E-state index in [-0.39, 0.29) is 17.0 Å². The van der Waals surface area contributed by atoms with Crippen LogP contribution in [-0.4, -0.2) is 19.5 Å². The normalized spacial score (nSPS) is 12.1. The predicted octanol–water partition coefficient (Wildman–Crippen LogP) is 11.7. The molecular weight excluding hydrogens is 662 g/mol. The van der Waals surface area contributed by atoms with Crippen LogP contribution in [0.2, 0.25) is 0 Å². The molecule has 0 atom stereocenters. The van der Waals surface area contributed by atoms with Gasteiger partial charge in [-0.2, -0.15) is 26.3 Å². The Morgan fingerprint density at radius 1 is 0.412 bits per heavy atom. The van der Waals surface area contributed by atoms with E-state index in [9.17, 15) is 26.3 Å². The number of para-hydroxylation sites is 1. The maximum atomic E-state index is 14.6. The van der Waals surface area contributed by atoms with Crippen molar-refractivity contribution in [2.24, 2.45) is 0 Å². The summed E-state index contributed by atoms with van der Waals surface area (Å²) in [5.41, 5.74) is 1.60. The summed E-state index contributed by atoms with van der Waals surface area (Å²) >= 11 is 0. The fraction of sp³-hybridized carbons (Fsp3) is 0.0488. The minimum Gasteiger partial charge on any atom is -0.309 e. The molecule has 0 fully saturated rings. The maximum absolute atomic E-state index is 14.6. The van der Waals surface area contributed by atoms with E-state index < -0.39 is 23.5 Å². The molecule has 0 radical (unpaired) electrons. The highest BCUT2D eigenvalue weighted by Crippen LogP contribution is 2.43.